The molecule has 3 aromatic heterocycles. The van der Waals surface area contributed by atoms with Crippen LogP contribution in [0.15, 0.2) is 72.9 Å². The monoisotopic (exact) mass is 546 g/mol. The number of likely N-dealkylation sites (tertiary alicyclic amines) is 1. The number of morpholine rings is 1. The molecule has 0 saturated carbocycles. The molecular formula is C33H34N6O2. The summed E-state index contributed by atoms with van der Waals surface area (Å²) in [6, 6.07) is 23.3. The molecule has 5 aromatic rings. The maximum Gasteiger partial charge on any atom is 0.225 e. The molecule has 2 saturated heterocycles. The highest BCUT2D eigenvalue weighted by Crippen LogP contribution is 2.34. The number of hydrogen-bond donors (Lipinski definition) is 0. The summed E-state index contributed by atoms with van der Waals surface area (Å²) >= 11 is 0. The Morgan fingerprint density at radius 3 is 2.44 bits per heavy atom. The van der Waals surface area contributed by atoms with Crippen molar-refractivity contribution in [3.63, 3.8) is 0 Å². The van der Waals surface area contributed by atoms with E-state index >= 15 is 0 Å². The lowest BCUT2D eigenvalue weighted by Crippen LogP contribution is -2.46. The smallest absolute Gasteiger partial charge is 0.225 e. The molecule has 1 amide bonds. The first-order valence-electron chi connectivity index (χ1n) is 14.5. The van der Waals surface area contributed by atoms with Gasteiger partial charge < -0.3 is 9.64 Å². The maximum absolute atomic E-state index is 12.9. The van der Waals surface area contributed by atoms with Crippen molar-refractivity contribution in [2.75, 3.05) is 39.4 Å². The molecule has 41 heavy (non-hydrogen) atoms. The minimum absolute atomic E-state index is 0.141. The van der Waals surface area contributed by atoms with Gasteiger partial charge in [0, 0.05) is 54.3 Å². The predicted octanol–water partition coefficient (Wildman–Crippen LogP) is 4.99. The van der Waals surface area contributed by atoms with Crippen LogP contribution in [0.3, 0.4) is 0 Å². The lowest BCUT2D eigenvalue weighted by molar-refractivity contribution is -0.141. The summed E-state index contributed by atoms with van der Waals surface area (Å²) in [5.41, 5.74) is 7.97. The van der Waals surface area contributed by atoms with Crippen molar-refractivity contribution >= 4 is 22.6 Å². The zero-order chi connectivity index (χ0) is 27.8. The molecule has 2 aliphatic heterocycles. The molecular weight excluding hydrogens is 512 g/mol. The molecule has 8 nitrogen and oxygen atoms in total. The minimum Gasteiger partial charge on any atom is -0.378 e. The molecule has 2 fully saturated rings. The number of rotatable bonds is 5. The minimum atomic E-state index is 0.141. The van der Waals surface area contributed by atoms with Crippen molar-refractivity contribution in [3.05, 3.63) is 84.2 Å². The van der Waals surface area contributed by atoms with Crippen LogP contribution in [0.4, 0.5) is 0 Å². The van der Waals surface area contributed by atoms with E-state index in [4.69, 9.17) is 9.72 Å². The Balaban J connectivity index is 1.12. The van der Waals surface area contributed by atoms with Crippen LogP contribution in [-0.2, 0) is 16.1 Å². The van der Waals surface area contributed by atoms with Gasteiger partial charge in [-0.3, -0.25) is 9.69 Å². The number of carbonyl (C=O) groups is 1. The van der Waals surface area contributed by atoms with Gasteiger partial charge in [-0.25, -0.2) is 9.97 Å². The number of aryl methyl sites for hydroxylation is 1. The lowest BCUT2D eigenvalue weighted by Gasteiger charge is -2.35. The van der Waals surface area contributed by atoms with E-state index in [0.29, 0.717) is 19.1 Å². The Labute approximate surface area is 239 Å². The van der Waals surface area contributed by atoms with Gasteiger partial charge in [0.1, 0.15) is 0 Å². The highest BCUT2D eigenvalue weighted by molar-refractivity contribution is 5.90. The molecule has 2 aromatic carbocycles. The van der Waals surface area contributed by atoms with E-state index in [1.807, 2.05) is 34.7 Å². The van der Waals surface area contributed by atoms with Gasteiger partial charge in [0.25, 0.3) is 0 Å². The molecule has 0 atom stereocenters. The number of carbonyl (C=O) groups excluding carboxylic acids is 1. The zero-order valence-electron chi connectivity index (χ0n) is 23.4. The fraction of sp³-hybridized carbons (Fsp3) is 0.333. The highest BCUT2D eigenvalue weighted by Gasteiger charge is 2.29. The second kappa shape index (κ2) is 11.0. The average molecular weight is 547 g/mol. The van der Waals surface area contributed by atoms with Gasteiger partial charge in [-0.2, -0.15) is 9.61 Å². The predicted molar refractivity (Wildman–Crippen MR) is 159 cm³/mol. The van der Waals surface area contributed by atoms with Gasteiger partial charge >= 0.3 is 0 Å². The van der Waals surface area contributed by atoms with Crippen LogP contribution >= 0.6 is 0 Å². The largest absolute Gasteiger partial charge is 0.378 e. The van der Waals surface area contributed by atoms with Gasteiger partial charge in [-0.05, 0) is 50.0 Å². The number of fused-ring (bicyclic) bond motifs is 3. The van der Waals surface area contributed by atoms with E-state index in [0.717, 1.165) is 90.3 Å². The first kappa shape index (κ1) is 25.8. The van der Waals surface area contributed by atoms with Gasteiger partial charge in [-0.1, -0.05) is 54.6 Å². The first-order valence-corrected chi connectivity index (χ1v) is 14.5. The van der Waals surface area contributed by atoms with Gasteiger partial charge in [0.2, 0.25) is 5.91 Å². The van der Waals surface area contributed by atoms with Crippen LogP contribution in [0.5, 0.6) is 0 Å². The second-order valence-corrected chi connectivity index (χ2v) is 11.2. The van der Waals surface area contributed by atoms with Crippen molar-refractivity contribution < 1.29 is 9.53 Å². The quantitative estimate of drug-likeness (QED) is 0.309. The Kier molecular flexibility index (Phi) is 6.94. The first-order chi connectivity index (χ1) is 20.1. The molecule has 0 unspecified atom stereocenters. The number of pyridine rings is 1. The van der Waals surface area contributed by atoms with Gasteiger partial charge in [-0.15, -0.1) is 0 Å². The van der Waals surface area contributed by atoms with E-state index in [9.17, 15) is 4.79 Å². The van der Waals surface area contributed by atoms with Crippen LogP contribution in [0.2, 0.25) is 0 Å². The SMILES string of the molecule is Cc1cc2ncc3cc(-c4ccccc4)c(-c4ccc(CN5CCC(C(=O)N6CCOCC6)CC5)cc4)nc3n2n1. The molecule has 0 N–H and O–H groups in total. The number of aromatic nitrogens is 4. The second-order valence-electron chi connectivity index (χ2n) is 11.2. The molecule has 7 rings (SSSR count). The summed E-state index contributed by atoms with van der Waals surface area (Å²) in [5, 5.41) is 5.61. The normalized spacial score (nSPS) is 17.0. The summed E-state index contributed by atoms with van der Waals surface area (Å²) in [6.45, 7) is 7.52. The van der Waals surface area contributed by atoms with Crippen LogP contribution in [0.25, 0.3) is 39.1 Å². The number of piperidine rings is 1. The Morgan fingerprint density at radius 1 is 0.927 bits per heavy atom. The third-order valence-corrected chi connectivity index (χ3v) is 8.36. The summed E-state index contributed by atoms with van der Waals surface area (Å²) in [5.74, 6) is 0.454. The van der Waals surface area contributed by atoms with Crippen LogP contribution in [-0.4, -0.2) is 74.7 Å². The van der Waals surface area contributed by atoms with Gasteiger partial charge in [0.15, 0.2) is 11.3 Å². The van der Waals surface area contributed by atoms with Crippen molar-refractivity contribution in [1.29, 1.82) is 0 Å². The van der Waals surface area contributed by atoms with Crippen molar-refractivity contribution in [3.8, 4) is 22.4 Å². The molecule has 8 heteroatoms. The maximum atomic E-state index is 12.9. The molecule has 2 aliphatic rings. The van der Waals surface area contributed by atoms with Gasteiger partial charge in [0.05, 0.1) is 24.6 Å². The Hall–Kier alpha value is -4.14. The zero-order valence-corrected chi connectivity index (χ0v) is 23.4. The molecule has 0 radical (unpaired) electrons. The van der Waals surface area contributed by atoms with E-state index in [2.05, 4.69) is 69.6 Å². The Bertz CT molecular complexity index is 1680. The number of hydrogen-bond acceptors (Lipinski definition) is 6. The summed E-state index contributed by atoms with van der Waals surface area (Å²) in [7, 11) is 0. The van der Waals surface area contributed by atoms with E-state index in [1.54, 1.807) is 0 Å². The van der Waals surface area contributed by atoms with Crippen LogP contribution in [0.1, 0.15) is 24.1 Å². The summed E-state index contributed by atoms with van der Waals surface area (Å²) < 4.78 is 7.25. The number of benzene rings is 2. The van der Waals surface area contributed by atoms with Crippen molar-refractivity contribution in [2.45, 2.75) is 26.3 Å². The highest BCUT2D eigenvalue weighted by atomic mass is 16.5. The number of ether oxygens (including phenoxy) is 1. The molecule has 0 aliphatic carbocycles. The number of nitrogens with zero attached hydrogens (tertiary/aromatic N) is 6. The number of amides is 1. The third kappa shape index (κ3) is 5.21. The fourth-order valence-electron chi connectivity index (χ4n) is 6.12. The van der Waals surface area contributed by atoms with E-state index in [1.165, 1.54) is 5.56 Å². The molecule has 0 spiro atoms. The third-order valence-electron chi connectivity index (χ3n) is 8.36. The lowest BCUT2D eigenvalue weighted by atomic mass is 9.94. The molecule has 0 bridgehead atoms. The van der Waals surface area contributed by atoms with E-state index < -0.39 is 0 Å². The van der Waals surface area contributed by atoms with Crippen molar-refractivity contribution in [1.82, 2.24) is 29.4 Å². The summed E-state index contributed by atoms with van der Waals surface area (Å²) in [4.78, 5) is 27.1. The van der Waals surface area contributed by atoms with E-state index in [-0.39, 0.29) is 5.92 Å². The fourth-order valence-corrected chi connectivity index (χ4v) is 6.12. The summed E-state index contributed by atoms with van der Waals surface area (Å²) in [6.07, 6.45) is 3.73. The standard InChI is InChI=1S/C33H34N6O2/c1-23-19-30-34-21-28-20-29(25-5-3-2-4-6-25)31(35-32(28)39(30)36-23)26-9-7-24(8-10-26)22-37-13-11-27(12-14-37)33(40)38-15-17-41-18-16-38/h2-10,19-21,27H,11-18,22H2,1H3. The molecule has 208 valence electrons. The average Bonchev–Trinajstić information content (AvgIpc) is 3.42. The molecule has 5 heterocycles. The van der Waals surface area contributed by atoms with Crippen molar-refractivity contribution in [2.24, 2.45) is 5.92 Å². The Morgan fingerprint density at radius 2 is 1.68 bits per heavy atom. The van der Waals surface area contributed by atoms with Crippen LogP contribution < -0.4 is 0 Å². The topological polar surface area (TPSA) is 75.9 Å². The van der Waals surface area contributed by atoms with Crippen LogP contribution in [0, 0.1) is 12.8 Å².